The third-order valence-electron chi connectivity index (χ3n) is 4.04. The Bertz CT molecular complexity index is 920. The summed E-state index contributed by atoms with van der Waals surface area (Å²) in [5, 5.41) is 12.9. The van der Waals surface area contributed by atoms with E-state index in [2.05, 4.69) is 24.8 Å². The van der Waals surface area contributed by atoms with Crippen molar-refractivity contribution >= 4 is 30.9 Å². The maximum Gasteiger partial charge on any atom is 0.469 e. The molecule has 1 aliphatic heterocycles. The third kappa shape index (κ3) is 4.79. The summed E-state index contributed by atoms with van der Waals surface area (Å²) in [6.07, 6.45) is -3.51. The number of nitrogen functional groups attached to an aromatic ring is 1. The van der Waals surface area contributed by atoms with Gasteiger partial charge in [-0.2, -0.15) is 0 Å². The summed E-state index contributed by atoms with van der Waals surface area (Å²) in [4.78, 5) is 41.7. The normalized spacial score (nSPS) is 24.7. The molecule has 160 valence electrons. The Balaban J connectivity index is 1.89. The van der Waals surface area contributed by atoms with Crippen molar-refractivity contribution in [2.75, 3.05) is 25.4 Å². The van der Waals surface area contributed by atoms with E-state index >= 15 is 0 Å². The number of aromatic nitrogens is 4. The Morgan fingerprint density at radius 2 is 2.14 bits per heavy atom. The predicted octanol–water partition coefficient (Wildman–Crippen LogP) is -2.17. The maximum absolute atomic E-state index is 12.0. The number of aliphatic hydroxyl groups is 1. The number of phosphoric ester groups is 1. The smallest absolute Gasteiger partial charge is 0.439 e. The number of aliphatic hydroxyl groups excluding tert-OH is 1. The SMILES string of the molecule is NCCNC(=O)O[C@@H]1[C@H](O)[C@@H](COP(=O)(O)O)O[C@H]1n1cnc2c(N)ncnc21. The molecule has 29 heavy (non-hydrogen) atoms. The van der Waals surface area contributed by atoms with Gasteiger partial charge >= 0.3 is 13.9 Å². The maximum atomic E-state index is 12.0. The molecule has 0 unspecified atom stereocenters. The van der Waals surface area contributed by atoms with Gasteiger partial charge in [-0.25, -0.2) is 24.3 Å². The van der Waals surface area contributed by atoms with Crippen LogP contribution in [0.5, 0.6) is 0 Å². The quantitative estimate of drug-likeness (QED) is 0.256. The van der Waals surface area contributed by atoms with E-state index in [0.29, 0.717) is 0 Å². The van der Waals surface area contributed by atoms with Gasteiger partial charge in [0.1, 0.15) is 24.1 Å². The van der Waals surface area contributed by atoms with Gasteiger partial charge in [-0.1, -0.05) is 0 Å². The highest BCUT2D eigenvalue weighted by Crippen LogP contribution is 2.39. The van der Waals surface area contributed by atoms with Crippen LogP contribution in [0, 0.1) is 0 Å². The second kappa shape index (κ2) is 8.54. The van der Waals surface area contributed by atoms with Gasteiger partial charge in [0, 0.05) is 13.1 Å². The Labute approximate surface area is 163 Å². The van der Waals surface area contributed by atoms with E-state index < -0.39 is 45.1 Å². The third-order valence-corrected chi connectivity index (χ3v) is 4.52. The number of carbonyl (C=O) groups excluding carboxylic acids is 1. The topological polar surface area (TPSA) is 230 Å². The van der Waals surface area contributed by atoms with E-state index in [-0.39, 0.29) is 30.1 Å². The zero-order valence-corrected chi connectivity index (χ0v) is 15.8. The van der Waals surface area contributed by atoms with Gasteiger partial charge in [0.15, 0.2) is 23.8 Å². The number of amides is 1. The Hall–Kier alpha value is -2.39. The van der Waals surface area contributed by atoms with E-state index in [1.54, 1.807) is 0 Å². The Kier molecular flexibility index (Phi) is 6.28. The molecule has 1 fully saturated rings. The minimum Gasteiger partial charge on any atom is -0.439 e. The lowest BCUT2D eigenvalue weighted by molar-refractivity contribution is -0.0522. The number of anilines is 1. The number of hydrogen-bond acceptors (Lipinski definition) is 11. The molecule has 0 aromatic carbocycles. The Morgan fingerprint density at radius 3 is 2.83 bits per heavy atom. The van der Waals surface area contributed by atoms with Crippen LogP contribution in [0.1, 0.15) is 6.23 Å². The van der Waals surface area contributed by atoms with Crippen molar-refractivity contribution in [3.8, 4) is 0 Å². The minimum absolute atomic E-state index is 0.104. The van der Waals surface area contributed by atoms with Crippen molar-refractivity contribution in [2.45, 2.75) is 24.5 Å². The number of nitrogens with one attached hydrogen (secondary N) is 1. The summed E-state index contributed by atoms with van der Waals surface area (Å²) in [7, 11) is -4.81. The molecule has 0 spiro atoms. The fraction of sp³-hybridized carbons (Fsp3) is 0.538. The van der Waals surface area contributed by atoms with Gasteiger partial charge in [-0.15, -0.1) is 0 Å². The largest absolute Gasteiger partial charge is 0.469 e. The van der Waals surface area contributed by atoms with Crippen LogP contribution >= 0.6 is 7.82 Å². The van der Waals surface area contributed by atoms with Crippen LogP contribution in [-0.4, -0.2) is 78.5 Å². The van der Waals surface area contributed by atoms with Crippen LogP contribution in [0.3, 0.4) is 0 Å². The van der Waals surface area contributed by atoms with Crippen molar-refractivity contribution in [1.29, 1.82) is 0 Å². The molecule has 2 aromatic heterocycles. The molecule has 1 saturated heterocycles. The van der Waals surface area contributed by atoms with Crippen LogP contribution in [0.4, 0.5) is 10.6 Å². The van der Waals surface area contributed by atoms with Crippen molar-refractivity contribution in [3.05, 3.63) is 12.7 Å². The number of nitrogens with zero attached hydrogens (tertiary/aromatic N) is 4. The summed E-state index contributed by atoms with van der Waals surface area (Å²) in [5.41, 5.74) is 11.6. The summed E-state index contributed by atoms with van der Waals surface area (Å²) in [6, 6.07) is 0. The van der Waals surface area contributed by atoms with Crippen LogP contribution in [0.15, 0.2) is 12.7 Å². The highest BCUT2D eigenvalue weighted by Gasteiger charge is 2.48. The van der Waals surface area contributed by atoms with E-state index in [9.17, 15) is 14.5 Å². The first kappa shape index (κ1) is 21.3. The number of phosphoric acid groups is 1. The van der Waals surface area contributed by atoms with E-state index in [1.807, 2.05) is 0 Å². The number of alkyl carbamates (subject to hydrolysis) is 1. The minimum atomic E-state index is -4.81. The summed E-state index contributed by atoms with van der Waals surface area (Å²) in [5.74, 6) is 0.104. The zero-order chi connectivity index (χ0) is 21.2. The number of rotatable bonds is 7. The highest BCUT2D eigenvalue weighted by atomic mass is 31.2. The van der Waals surface area contributed by atoms with Gasteiger partial charge in [0.2, 0.25) is 0 Å². The molecule has 16 heteroatoms. The lowest BCUT2D eigenvalue weighted by Gasteiger charge is -2.22. The number of hydrogen-bond donors (Lipinski definition) is 6. The van der Waals surface area contributed by atoms with Crippen molar-refractivity contribution in [2.24, 2.45) is 5.73 Å². The molecule has 0 radical (unpaired) electrons. The van der Waals surface area contributed by atoms with Crippen LogP contribution in [0.2, 0.25) is 0 Å². The number of nitrogens with two attached hydrogens (primary N) is 2. The van der Waals surface area contributed by atoms with Crippen LogP contribution in [0.25, 0.3) is 11.2 Å². The molecule has 3 rings (SSSR count). The van der Waals surface area contributed by atoms with E-state index in [0.717, 1.165) is 0 Å². The van der Waals surface area contributed by atoms with Crippen molar-refractivity contribution in [3.63, 3.8) is 0 Å². The molecular formula is C13H20N7O8P. The van der Waals surface area contributed by atoms with Gasteiger partial charge in [-0.3, -0.25) is 9.09 Å². The molecule has 1 amide bonds. The first-order chi connectivity index (χ1) is 13.7. The van der Waals surface area contributed by atoms with Crippen LogP contribution in [-0.2, 0) is 18.6 Å². The van der Waals surface area contributed by atoms with Gasteiger partial charge in [0.05, 0.1) is 12.9 Å². The Morgan fingerprint density at radius 1 is 1.38 bits per heavy atom. The van der Waals surface area contributed by atoms with Crippen molar-refractivity contribution in [1.82, 2.24) is 24.8 Å². The lowest BCUT2D eigenvalue weighted by Crippen LogP contribution is -2.40. The van der Waals surface area contributed by atoms with E-state index in [1.165, 1.54) is 17.2 Å². The molecular weight excluding hydrogens is 413 g/mol. The first-order valence-electron chi connectivity index (χ1n) is 8.32. The predicted molar refractivity (Wildman–Crippen MR) is 95.0 cm³/mol. The first-order valence-corrected chi connectivity index (χ1v) is 9.85. The van der Waals surface area contributed by atoms with Gasteiger partial charge in [-0.05, 0) is 0 Å². The molecule has 15 nitrogen and oxygen atoms in total. The fourth-order valence-corrected chi connectivity index (χ4v) is 3.11. The molecule has 8 N–H and O–H groups in total. The number of fused-ring (bicyclic) bond motifs is 1. The molecule has 2 aromatic rings. The average Bonchev–Trinajstić information content (AvgIpc) is 3.21. The second-order valence-electron chi connectivity index (χ2n) is 6.01. The fourth-order valence-electron chi connectivity index (χ4n) is 2.77. The number of ether oxygens (including phenoxy) is 2. The number of carbonyl (C=O) groups is 1. The molecule has 0 saturated carbocycles. The van der Waals surface area contributed by atoms with Gasteiger partial charge < -0.3 is 41.2 Å². The monoisotopic (exact) mass is 433 g/mol. The van der Waals surface area contributed by atoms with E-state index in [4.69, 9.17) is 30.7 Å². The summed E-state index contributed by atoms with van der Waals surface area (Å²) in [6.45, 7) is -0.352. The van der Waals surface area contributed by atoms with Crippen molar-refractivity contribution < 1.29 is 38.3 Å². The highest BCUT2D eigenvalue weighted by molar-refractivity contribution is 7.46. The molecule has 1 aliphatic rings. The molecule has 0 aliphatic carbocycles. The molecule has 3 heterocycles. The lowest BCUT2D eigenvalue weighted by atomic mass is 10.1. The second-order valence-corrected chi connectivity index (χ2v) is 7.25. The molecule has 4 atom stereocenters. The average molecular weight is 433 g/mol. The van der Waals surface area contributed by atoms with Gasteiger partial charge in [0.25, 0.3) is 0 Å². The van der Waals surface area contributed by atoms with Crippen LogP contribution < -0.4 is 16.8 Å². The molecule has 0 bridgehead atoms. The number of imidazole rings is 1. The zero-order valence-electron chi connectivity index (χ0n) is 14.9. The summed E-state index contributed by atoms with van der Waals surface area (Å²) < 4.78 is 27.6. The standard InChI is InChI=1S/C13H20N7O8P/c14-1-2-16-13(22)28-9-8(21)6(3-26-29(23,24)25)27-12(9)20-5-19-7-10(15)17-4-18-11(7)20/h4-6,8-9,12,21H,1-3,14H2,(H,16,22)(H2,15,17,18)(H2,23,24,25)/t6-,8-,9-,12-/m1/s1. The summed E-state index contributed by atoms with van der Waals surface area (Å²) >= 11 is 0.